The maximum Gasteiger partial charge on any atom is 0.267 e. The van der Waals surface area contributed by atoms with E-state index in [9.17, 15) is 9.59 Å². The summed E-state index contributed by atoms with van der Waals surface area (Å²) in [4.78, 5) is 33.2. The third kappa shape index (κ3) is 5.14. The maximum absolute atomic E-state index is 13.4. The molecule has 4 rings (SSSR count). The highest BCUT2D eigenvalue weighted by molar-refractivity contribution is 8.26. The number of hydrogen-bond acceptors (Lipinski definition) is 8. The minimum absolute atomic E-state index is 0.242. The van der Waals surface area contributed by atoms with Crippen LogP contribution in [0.15, 0.2) is 58.9 Å². The van der Waals surface area contributed by atoms with Crippen LogP contribution in [0.3, 0.4) is 0 Å². The second-order valence-corrected chi connectivity index (χ2v) is 9.73. The van der Waals surface area contributed by atoms with Gasteiger partial charge in [-0.3, -0.25) is 18.9 Å². The van der Waals surface area contributed by atoms with Gasteiger partial charge in [0.25, 0.3) is 11.5 Å². The van der Waals surface area contributed by atoms with E-state index >= 15 is 0 Å². The summed E-state index contributed by atoms with van der Waals surface area (Å²) in [6, 6.07) is 9.32. The average molecular weight is 523 g/mol. The van der Waals surface area contributed by atoms with Crippen LogP contribution in [0.4, 0.5) is 5.82 Å². The zero-order valence-corrected chi connectivity index (χ0v) is 21.9. The second-order valence-electron chi connectivity index (χ2n) is 8.06. The van der Waals surface area contributed by atoms with Gasteiger partial charge in [-0.15, -0.1) is 6.58 Å². The van der Waals surface area contributed by atoms with E-state index in [1.54, 1.807) is 43.5 Å². The van der Waals surface area contributed by atoms with E-state index in [-0.39, 0.29) is 11.5 Å². The van der Waals surface area contributed by atoms with Gasteiger partial charge in [0, 0.05) is 19.3 Å². The van der Waals surface area contributed by atoms with Gasteiger partial charge in [0.2, 0.25) is 0 Å². The van der Waals surface area contributed by atoms with Gasteiger partial charge in [-0.1, -0.05) is 42.2 Å². The zero-order chi connectivity index (χ0) is 25.8. The number of aromatic nitrogens is 2. The molecule has 3 heterocycles. The van der Waals surface area contributed by atoms with Gasteiger partial charge < -0.3 is 14.8 Å². The third-order valence-corrected chi connectivity index (χ3v) is 7.02. The smallest absolute Gasteiger partial charge is 0.267 e. The van der Waals surface area contributed by atoms with Crippen molar-refractivity contribution in [3.05, 3.63) is 81.1 Å². The summed E-state index contributed by atoms with van der Waals surface area (Å²) in [5.74, 6) is 1.41. The van der Waals surface area contributed by atoms with E-state index in [0.29, 0.717) is 57.3 Å². The number of ether oxygens (including phenoxy) is 2. The van der Waals surface area contributed by atoms with Gasteiger partial charge in [0.1, 0.15) is 15.8 Å². The van der Waals surface area contributed by atoms with Crippen molar-refractivity contribution in [2.45, 2.75) is 13.3 Å². The highest BCUT2D eigenvalue weighted by atomic mass is 32.2. The lowest BCUT2D eigenvalue weighted by Crippen LogP contribution is -2.30. The highest BCUT2D eigenvalue weighted by Crippen LogP contribution is 2.34. The van der Waals surface area contributed by atoms with E-state index < -0.39 is 0 Å². The molecule has 1 N–H and O–H groups in total. The molecule has 1 fully saturated rings. The first kappa shape index (κ1) is 25.5. The van der Waals surface area contributed by atoms with Crippen molar-refractivity contribution in [3.8, 4) is 11.5 Å². The molecule has 1 aliphatic heterocycles. The number of methoxy groups -OCH3 is 2. The minimum atomic E-state index is -0.272. The van der Waals surface area contributed by atoms with Gasteiger partial charge >= 0.3 is 0 Å². The summed E-state index contributed by atoms with van der Waals surface area (Å²) >= 11 is 6.67. The van der Waals surface area contributed by atoms with Crippen LogP contribution < -0.4 is 20.3 Å². The molecule has 36 heavy (non-hydrogen) atoms. The highest BCUT2D eigenvalue weighted by Gasteiger charge is 2.32. The van der Waals surface area contributed by atoms with Crippen LogP contribution in [0.5, 0.6) is 11.5 Å². The Morgan fingerprint density at radius 2 is 1.94 bits per heavy atom. The average Bonchev–Trinajstić information content (AvgIpc) is 3.15. The molecule has 0 radical (unpaired) electrons. The fourth-order valence-electron chi connectivity index (χ4n) is 3.79. The van der Waals surface area contributed by atoms with Crippen molar-refractivity contribution in [1.29, 1.82) is 0 Å². The van der Waals surface area contributed by atoms with Crippen molar-refractivity contribution >= 4 is 51.7 Å². The SMILES string of the molecule is C=CCNc1nc2ccc(C)cn2c(=O)c1C=C1SC(=S)N(CCc2ccc(OC)c(OC)c2)C1=O. The number of anilines is 1. The van der Waals surface area contributed by atoms with E-state index in [0.717, 1.165) is 11.1 Å². The van der Waals surface area contributed by atoms with E-state index in [4.69, 9.17) is 21.7 Å². The van der Waals surface area contributed by atoms with Crippen LogP contribution in [0.2, 0.25) is 0 Å². The lowest BCUT2D eigenvalue weighted by atomic mass is 10.1. The fourth-order valence-corrected chi connectivity index (χ4v) is 5.08. The standard InChI is InChI=1S/C26H26N4O4S2/c1-5-11-27-23-18(24(31)30-15-16(2)6-9-22(30)28-23)14-21-25(32)29(26(35)36-21)12-10-17-7-8-19(33-3)20(13-17)34-4/h5-9,13-15,27H,1,10-12H2,2-4H3. The zero-order valence-electron chi connectivity index (χ0n) is 20.2. The molecule has 0 unspecified atom stereocenters. The number of thiocarbonyl (C=S) groups is 1. The van der Waals surface area contributed by atoms with Crippen molar-refractivity contribution in [2.75, 3.05) is 32.6 Å². The summed E-state index contributed by atoms with van der Waals surface area (Å²) < 4.78 is 12.6. The minimum Gasteiger partial charge on any atom is -0.493 e. The van der Waals surface area contributed by atoms with Crippen LogP contribution in [0.1, 0.15) is 16.7 Å². The third-order valence-electron chi connectivity index (χ3n) is 5.64. The van der Waals surface area contributed by atoms with Crippen LogP contribution in [-0.4, -0.2) is 51.8 Å². The molecule has 1 aliphatic rings. The van der Waals surface area contributed by atoms with Gasteiger partial charge in [0.15, 0.2) is 11.5 Å². The quantitative estimate of drug-likeness (QED) is 0.256. The van der Waals surface area contributed by atoms with Crippen LogP contribution in [0, 0.1) is 6.92 Å². The number of rotatable bonds is 9. The second kappa shape index (κ2) is 11.0. The number of nitrogens with one attached hydrogen (secondary N) is 1. The Balaban J connectivity index is 1.63. The maximum atomic E-state index is 13.4. The van der Waals surface area contributed by atoms with Crippen molar-refractivity contribution < 1.29 is 14.3 Å². The van der Waals surface area contributed by atoms with Crippen LogP contribution >= 0.6 is 24.0 Å². The lowest BCUT2D eigenvalue weighted by Gasteiger charge is -2.15. The monoisotopic (exact) mass is 522 g/mol. The number of aryl methyl sites for hydroxylation is 1. The Kier molecular flexibility index (Phi) is 7.76. The van der Waals surface area contributed by atoms with Crippen LogP contribution in [0.25, 0.3) is 11.7 Å². The Bertz CT molecular complexity index is 1450. The van der Waals surface area contributed by atoms with Crippen molar-refractivity contribution in [1.82, 2.24) is 14.3 Å². The predicted octanol–water partition coefficient (Wildman–Crippen LogP) is 4.06. The molecular weight excluding hydrogens is 496 g/mol. The first-order chi connectivity index (χ1) is 17.4. The molecule has 8 nitrogen and oxygen atoms in total. The molecule has 2 aromatic heterocycles. The number of carbonyl (C=O) groups excluding carboxylic acids is 1. The molecule has 0 spiro atoms. The van der Waals surface area contributed by atoms with Gasteiger partial charge in [0.05, 0.1) is 24.7 Å². The van der Waals surface area contributed by atoms with E-state index in [1.807, 2.05) is 31.2 Å². The number of nitrogens with zero attached hydrogens (tertiary/aromatic N) is 3. The number of amides is 1. The van der Waals surface area contributed by atoms with E-state index in [1.165, 1.54) is 16.2 Å². The number of carbonyl (C=O) groups is 1. The summed E-state index contributed by atoms with van der Waals surface area (Å²) in [5.41, 5.74) is 2.43. The first-order valence-electron chi connectivity index (χ1n) is 11.2. The number of thioether (sulfide) groups is 1. The van der Waals surface area contributed by atoms with Gasteiger partial charge in [-0.25, -0.2) is 4.98 Å². The summed E-state index contributed by atoms with van der Waals surface area (Å²) in [7, 11) is 3.17. The van der Waals surface area contributed by atoms with E-state index in [2.05, 4.69) is 16.9 Å². The molecule has 0 aliphatic carbocycles. The van der Waals surface area contributed by atoms with Gasteiger partial charge in [-0.2, -0.15) is 0 Å². The van der Waals surface area contributed by atoms with Crippen LogP contribution in [-0.2, 0) is 11.2 Å². The molecular formula is C26H26N4O4S2. The normalized spacial score (nSPS) is 14.5. The van der Waals surface area contributed by atoms with Gasteiger partial charge in [-0.05, 0) is 48.7 Å². The Hall–Kier alpha value is -3.63. The Morgan fingerprint density at radius 1 is 1.17 bits per heavy atom. The fraction of sp³-hybridized carbons (Fsp3) is 0.231. The Labute approximate surface area is 218 Å². The largest absolute Gasteiger partial charge is 0.493 e. The molecule has 10 heteroatoms. The molecule has 0 bridgehead atoms. The number of fused-ring (bicyclic) bond motifs is 1. The molecule has 186 valence electrons. The predicted molar refractivity (Wildman–Crippen MR) is 148 cm³/mol. The molecule has 0 atom stereocenters. The summed E-state index contributed by atoms with van der Waals surface area (Å²) in [5, 5.41) is 3.11. The Morgan fingerprint density at radius 3 is 2.67 bits per heavy atom. The first-order valence-corrected chi connectivity index (χ1v) is 12.4. The number of benzene rings is 1. The summed E-state index contributed by atoms with van der Waals surface area (Å²) in [6.07, 6.45) is 5.56. The molecule has 0 saturated carbocycles. The number of pyridine rings is 1. The summed E-state index contributed by atoms with van der Waals surface area (Å²) in [6.45, 7) is 6.43. The van der Waals surface area contributed by atoms with Crippen molar-refractivity contribution in [2.24, 2.45) is 0 Å². The molecule has 1 saturated heterocycles. The molecule has 1 aromatic carbocycles. The lowest BCUT2D eigenvalue weighted by molar-refractivity contribution is -0.122. The van der Waals surface area contributed by atoms with Crippen molar-refractivity contribution in [3.63, 3.8) is 0 Å². The number of hydrogen-bond donors (Lipinski definition) is 1. The topological polar surface area (TPSA) is 85.2 Å². The molecule has 3 aromatic rings. The molecule has 1 amide bonds.